The molecule has 2 saturated carbocycles. The first-order chi connectivity index (χ1) is 16.7. The van der Waals surface area contributed by atoms with E-state index in [1.165, 1.54) is 37.1 Å². The Morgan fingerprint density at radius 1 is 0.941 bits per heavy atom. The van der Waals surface area contributed by atoms with Crippen molar-refractivity contribution in [1.29, 1.82) is 0 Å². The number of morpholine rings is 1. The average molecular weight is 460 g/mol. The lowest BCUT2D eigenvalue weighted by atomic mass is 9.84. The summed E-state index contributed by atoms with van der Waals surface area (Å²) in [5.41, 5.74) is 5.36. The number of ether oxygens (including phenoxy) is 2. The monoisotopic (exact) mass is 459 g/mol. The molecule has 34 heavy (non-hydrogen) atoms. The number of hydrogen-bond donors (Lipinski definition) is 0. The van der Waals surface area contributed by atoms with Gasteiger partial charge in [-0.1, -0.05) is 0 Å². The van der Waals surface area contributed by atoms with Crippen LogP contribution in [0.25, 0.3) is 11.0 Å². The molecule has 0 atom stereocenters. The molecular formula is C27H33N5O2. The number of anilines is 1. The second-order valence-corrected chi connectivity index (χ2v) is 10.0. The molecule has 178 valence electrons. The highest BCUT2D eigenvalue weighted by Crippen LogP contribution is 2.39. The molecule has 3 heterocycles. The van der Waals surface area contributed by atoms with Gasteiger partial charge in [-0.15, -0.1) is 0 Å². The Hall–Kier alpha value is -2.80. The minimum atomic E-state index is 0.218. The second-order valence-electron chi connectivity index (χ2n) is 10.0. The second kappa shape index (κ2) is 9.45. The van der Waals surface area contributed by atoms with E-state index in [-0.39, 0.29) is 6.10 Å². The molecule has 6 rings (SSSR count). The van der Waals surface area contributed by atoms with Gasteiger partial charge in [0.1, 0.15) is 17.1 Å². The van der Waals surface area contributed by atoms with Gasteiger partial charge in [-0.05, 0) is 69.9 Å². The van der Waals surface area contributed by atoms with Gasteiger partial charge >= 0.3 is 0 Å². The van der Waals surface area contributed by atoms with Crippen LogP contribution in [0.15, 0.2) is 30.6 Å². The van der Waals surface area contributed by atoms with Gasteiger partial charge in [0.2, 0.25) is 0 Å². The van der Waals surface area contributed by atoms with Crippen LogP contribution in [0.2, 0.25) is 0 Å². The molecule has 7 nitrogen and oxygen atoms in total. The van der Waals surface area contributed by atoms with Crippen LogP contribution < -0.4 is 9.64 Å². The molecule has 0 N–H and O–H groups in total. The van der Waals surface area contributed by atoms with Crippen molar-refractivity contribution in [2.45, 2.75) is 63.9 Å². The van der Waals surface area contributed by atoms with Crippen molar-refractivity contribution in [2.24, 2.45) is 5.92 Å². The number of aromatic nitrogens is 4. The summed E-state index contributed by atoms with van der Waals surface area (Å²) in [5.74, 6) is 3.12. The van der Waals surface area contributed by atoms with Crippen LogP contribution in [0.3, 0.4) is 0 Å². The van der Waals surface area contributed by atoms with E-state index in [1.54, 1.807) is 12.4 Å². The van der Waals surface area contributed by atoms with E-state index < -0.39 is 0 Å². The van der Waals surface area contributed by atoms with Gasteiger partial charge in [0.15, 0.2) is 0 Å². The van der Waals surface area contributed by atoms with Crippen molar-refractivity contribution >= 4 is 16.7 Å². The maximum Gasteiger partial charge on any atom is 0.149 e. The smallest absolute Gasteiger partial charge is 0.149 e. The summed E-state index contributed by atoms with van der Waals surface area (Å²) in [7, 11) is 0. The Morgan fingerprint density at radius 3 is 2.53 bits per heavy atom. The van der Waals surface area contributed by atoms with E-state index >= 15 is 0 Å². The standard InChI is InChI=1S/C27H33N5O2/c1-18-30-21(15-24(31-18)20-4-5-20)14-19-2-6-23(7-3-19)34-26-17-22(32-10-12-33-13-11-32)16-25-27(26)29-9-8-28-25/h8-9,15-17,19-20,23H,2-7,10-14H2,1H3. The van der Waals surface area contributed by atoms with E-state index in [1.807, 2.05) is 6.92 Å². The Kier molecular flexibility index (Phi) is 6.04. The van der Waals surface area contributed by atoms with Crippen LogP contribution in [0, 0.1) is 12.8 Å². The molecule has 3 aliphatic rings. The summed E-state index contributed by atoms with van der Waals surface area (Å²) in [6.07, 6.45) is 11.8. The van der Waals surface area contributed by atoms with Crippen molar-refractivity contribution in [3.05, 3.63) is 47.8 Å². The predicted octanol–water partition coefficient (Wildman–Crippen LogP) is 4.62. The quantitative estimate of drug-likeness (QED) is 0.532. The van der Waals surface area contributed by atoms with Crippen molar-refractivity contribution < 1.29 is 9.47 Å². The fraction of sp³-hybridized carbons (Fsp3) is 0.556. The first kappa shape index (κ1) is 21.7. The van der Waals surface area contributed by atoms with Crippen LogP contribution in [-0.2, 0) is 11.2 Å². The number of benzene rings is 1. The zero-order chi connectivity index (χ0) is 22.9. The summed E-state index contributed by atoms with van der Waals surface area (Å²) >= 11 is 0. The zero-order valence-electron chi connectivity index (χ0n) is 19.9. The lowest BCUT2D eigenvalue weighted by Crippen LogP contribution is -2.36. The highest BCUT2D eigenvalue weighted by Gasteiger charge is 2.28. The normalized spacial score (nSPS) is 23.3. The molecule has 0 spiro atoms. The predicted molar refractivity (Wildman–Crippen MR) is 131 cm³/mol. The summed E-state index contributed by atoms with van der Waals surface area (Å²) < 4.78 is 12.1. The fourth-order valence-electron chi connectivity index (χ4n) is 5.40. The fourth-order valence-corrected chi connectivity index (χ4v) is 5.40. The minimum Gasteiger partial charge on any atom is -0.488 e. The number of hydrogen-bond acceptors (Lipinski definition) is 7. The summed E-state index contributed by atoms with van der Waals surface area (Å²) in [6.45, 7) is 5.32. The first-order valence-electron chi connectivity index (χ1n) is 12.8. The molecule has 1 aliphatic heterocycles. The largest absolute Gasteiger partial charge is 0.488 e. The maximum absolute atomic E-state index is 6.59. The van der Waals surface area contributed by atoms with E-state index in [2.05, 4.69) is 38.1 Å². The molecule has 3 fully saturated rings. The summed E-state index contributed by atoms with van der Waals surface area (Å²) in [4.78, 5) is 20.9. The molecule has 0 amide bonds. The highest BCUT2D eigenvalue weighted by atomic mass is 16.5. The Labute approximate surface area is 200 Å². The average Bonchev–Trinajstić information content (AvgIpc) is 3.71. The molecule has 7 heteroatoms. The lowest BCUT2D eigenvalue weighted by molar-refractivity contribution is 0.122. The molecule has 1 aromatic carbocycles. The number of aryl methyl sites for hydroxylation is 1. The van der Waals surface area contributed by atoms with Crippen molar-refractivity contribution in [2.75, 3.05) is 31.2 Å². The summed E-state index contributed by atoms with van der Waals surface area (Å²) in [5, 5.41) is 0. The van der Waals surface area contributed by atoms with Crippen molar-refractivity contribution in [3.8, 4) is 5.75 Å². The Morgan fingerprint density at radius 2 is 1.74 bits per heavy atom. The third-order valence-electron chi connectivity index (χ3n) is 7.39. The molecule has 2 aliphatic carbocycles. The van der Waals surface area contributed by atoms with Gasteiger partial charge in [-0.25, -0.2) is 15.0 Å². The first-order valence-corrected chi connectivity index (χ1v) is 12.8. The molecule has 0 radical (unpaired) electrons. The molecule has 0 unspecified atom stereocenters. The zero-order valence-corrected chi connectivity index (χ0v) is 19.9. The van der Waals surface area contributed by atoms with Gasteiger partial charge in [0.25, 0.3) is 0 Å². The van der Waals surface area contributed by atoms with Gasteiger partial charge < -0.3 is 14.4 Å². The Balaban J connectivity index is 1.13. The maximum atomic E-state index is 6.59. The van der Waals surface area contributed by atoms with Crippen molar-refractivity contribution in [3.63, 3.8) is 0 Å². The van der Waals surface area contributed by atoms with Crippen LogP contribution in [0.1, 0.15) is 61.7 Å². The van der Waals surface area contributed by atoms with Gasteiger partial charge in [-0.3, -0.25) is 4.98 Å². The molecule has 2 aromatic heterocycles. The topological polar surface area (TPSA) is 73.3 Å². The van der Waals surface area contributed by atoms with Crippen LogP contribution in [-0.4, -0.2) is 52.3 Å². The number of rotatable bonds is 6. The van der Waals surface area contributed by atoms with Crippen LogP contribution in [0.5, 0.6) is 5.75 Å². The van der Waals surface area contributed by atoms with E-state index in [4.69, 9.17) is 14.5 Å². The van der Waals surface area contributed by atoms with E-state index in [9.17, 15) is 0 Å². The van der Waals surface area contributed by atoms with Crippen LogP contribution >= 0.6 is 0 Å². The lowest BCUT2D eigenvalue weighted by Gasteiger charge is -2.31. The minimum absolute atomic E-state index is 0.218. The molecule has 3 aromatic rings. The molecule has 0 bridgehead atoms. The number of fused-ring (bicyclic) bond motifs is 1. The molecule has 1 saturated heterocycles. The van der Waals surface area contributed by atoms with E-state index in [0.29, 0.717) is 11.8 Å². The van der Waals surface area contributed by atoms with E-state index in [0.717, 1.165) is 73.9 Å². The van der Waals surface area contributed by atoms with Gasteiger partial charge in [0, 0.05) is 54.5 Å². The third-order valence-corrected chi connectivity index (χ3v) is 7.39. The molecular weight excluding hydrogens is 426 g/mol. The van der Waals surface area contributed by atoms with Crippen molar-refractivity contribution in [1.82, 2.24) is 19.9 Å². The van der Waals surface area contributed by atoms with Gasteiger partial charge in [-0.2, -0.15) is 0 Å². The van der Waals surface area contributed by atoms with Gasteiger partial charge in [0.05, 0.1) is 24.8 Å². The highest BCUT2D eigenvalue weighted by molar-refractivity contribution is 5.85. The van der Waals surface area contributed by atoms with Crippen LogP contribution in [0.4, 0.5) is 5.69 Å². The third kappa shape index (κ3) is 4.85. The number of nitrogens with zero attached hydrogens (tertiary/aromatic N) is 5. The SMILES string of the molecule is Cc1nc(CC2CCC(Oc3cc(N4CCOCC4)cc4nccnc34)CC2)cc(C2CC2)n1. The Bertz CT molecular complexity index is 1150. The summed E-state index contributed by atoms with van der Waals surface area (Å²) in [6, 6.07) is 6.53.